The quantitative estimate of drug-likeness (QED) is 0.480. The number of hydrogen-bond donors (Lipinski definition) is 1. The average Bonchev–Trinajstić information content (AvgIpc) is 2.95. The third-order valence-corrected chi connectivity index (χ3v) is 7.21. The second-order valence-electron chi connectivity index (χ2n) is 6.56. The van der Waals surface area contributed by atoms with E-state index in [1.807, 2.05) is 13.0 Å². The van der Waals surface area contributed by atoms with Crippen LogP contribution in [0.15, 0.2) is 53.4 Å². The first-order valence-corrected chi connectivity index (χ1v) is 11.7. The molecule has 0 bridgehead atoms. The summed E-state index contributed by atoms with van der Waals surface area (Å²) in [4.78, 5) is 0.323. The highest BCUT2D eigenvalue weighted by Crippen LogP contribution is 2.25. The molecule has 0 radical (unpaired) electrons. The first-order chi connectivity index (χ1) is 13.8. The van der Waals surface area contributed by atoms with Gasteiger partial charge in [-0.15, -0.1) is 0 Å². The zero-order chi connectivity index (χ0) is 21.0. The average molecular weight is 473 g/mol. The third-order valence-electron chi connectivity index (χ3n) is 4.47. The number of nitrogens with one attached hydrogen (secondary N) is 1. The van der Waals surface area contributed by atoms with Crippen LogP contribution in [-0.2, 0) is 22.9 Å². The molecule has 0 saturated carbocycles. The van der Waals surface area contributed by atoms with Gasteiger partial charge in [0.15, 0.2) is 9.84 Å². The van der Waals surface area contributed by atoms with Crippen molar-refractivity contribution in [2.45, 2.75) is 24.9 Å². The molecule has 0 atom stereocenters. The Morgan fingerprint density at radius 3 is 2.48 bits per heavy atom. The van der Waals surface area contributed by atoms with E-state index in [1.54, 1.807) is 47.1 Å². The molecule has 0 aliphatic heterocycles. The van der Waals surface area contributed by atoms with E-state index in [4.69, 9.17) is 34.8 Å². The summed E-state index contributed by atoms with van der Waals surface area (Å²) in [6, 6.07) is 13.7. The van der Waals surface area contributed by atoms with Gasteiger partial charge in [0.25, 0.3) is 0 Å². The smallest absolute Gasteiger partial charge is 0.179 e. The number of aromatic nitrogens is 2. The molecular formula is C20H20Cl3N3O2S. The molecule has 1 aromatic heterocycles. The topological polar surface area (TPSA) is 64.0 Å². The van der Waals surface area contributed by atoms with Gasteiger partial charge in [-0.2, -0.15) is 5.10 Å². The summed E-state index contributed by atoms with van der Waals surface area (Å²) in [5.74, 6) is 0.00218. The fourth-order valence-electron chi connectivity index (χ4n) is 2.87. The van der Waals surface area contributed by atoms with Crippen LogP contribution in [0.5, 0.6) is 0 Å². The van der Waals surface area contributed by atoms with Gasteiger partial charge >= 0.3 is 0 Å². The van der Waals surface area contributed by atoms with Crippen LogP contribution in [0.3, 0.4) is 0 Å². The Bertz CT molecular complexity index is 1100. The Balaban J connectivity index is 1.62. The predicted octanol–water partition coefficient (Wildman–Crippen LogP) is 4.76. The van der Waals surface area contributed by atoms with Crippen molar-refractivity contribution in [2.24, 2.45) is 0 Å². The lowest BCUT2D eigenvalue weighted by molar-refractivity contribution is 0.590. The highest BCUT2D eigenvalue weighted by molar-refractivity contribution is 7.91. The maximum atomic E-state index is 12.3. The molecule has 154 valence electrons. The van der Waals surface area contributed by atoms with E-state index in [-0.39, 0.29) is 5.75 Å². The fraction of sp³-hybridized carbons (Fsp3) is 0.250. The van der Waals surface area contributed by atoms with Crippen molar-refractivity contribution in [3.8, 4) is 0 Å². The number of rotatable bonds is 8. The minimum Gasteiger partial charge on any atom is -0.311 e. The van der Waals surface area contributed by atoms with E-state index in [0.717, 1.165) is 16.8 Å². The minimum absolute atomic E-state index is 0.00218. The molecule has 0 fully saturated rings. The first kappa shape index (κ1) is 22.1. The standard InChI is InChI=1S/C20H20Cl3N3O2S/c1-14-18(12-24-9-10-29(27,28)17-5-3-2-4-6-17)20(23)26(25-14)13-15-7-8-16(21)11-19(15)22/h2-8,11,24H,9-10,12-13H2,1H3. The number of sulfone groups is 1. The predicted molar refractivity (Wildman–Crippen MR) is 118 cm³/mol. The molecule has 1 heterocycles. The van der Waals surface area contributed by atoms with Crippen molar-refractivity contribution in [1.29, 1.82) is 0 Å². The molecule has 1 N–H and O–H groups in total. The maximum absolute atomic E-state index is 12.3. The van der Waals surface area contributed by atoms with E-state index >= 15 is 0 Å². The van der Waals surface area contributed by atoms with E-state index < -0.39 is 9.84 Å². The van der Waals surface area contributed by atoms with Crippen molar-refractivity contribution in [3.05, 3.63) is 80.6 Å². The molecule has 0 spiro atoms. The zero-order valence-electron chi connectivity index (χ0n) is 15.7. The Hall–Kier alpha value is -1.57. The second kappa shape index (κ2) is 9.49. The number of nitrogens with zero attached hydrogens (tertiary/aromatic N) is 2. The molecule has 0 saturated heterocycles. The van der Waals surface area contributed by atoms with Gasteiger partial charge in [-0.3, -0.25) is 0 Å². The SMILES string of the molecule is Cc1nn(Cc2ccc(Cl)cc2Cl)c(Cl)c1CNCCS(=O)(=O)c1ccccc1. The Kier molecular flexibility index (Phi) is 7.24. The number of halogens is 3. The lowest BCUT2D eigenvalue weighted by atomic mass is 10.2. The van der Waals surface area contributed by atoms with Crippen LogP contribution in [0.2, 0.25) is 15.2 Å². The van der Waals surface area contributed by atoms with Crippen LogP contribution in [0.25, 0.3) is 0 Å². The van der Waals surface area contributed by atoms with Gasteiger partial charge in [0, 0.05) is 28.7 Å². The van der Waals surface area contributed by atoms with Crippen LogP contribution >= 0.6 is 34.8 Å². The summed E-state index contributed by atoms with van der Waals surface area (Å²) in [6.07, 6.45) is 0. The fourth-order valence-corrected chi connectivity index (χ4v) is 4.86. The number of aryl methyl sites for hydroxylation is 1. The first-order valence-electron chi connectivity index (χ1n) is 8.92. The maximum Gasteiger partial charge on any atom is 0.179 e. The van der Waals surface area contributed by atoms with Gasteiger partial charge < -0.3 is 5.32 Å². The van der Waals surface area contributed by atoms with Crippen molar-refractivity contribution in [1.82, 2.24) is 15.1 Å². The van der Waals surface area contributed by atoms with Gasteiger partial charge in [-0.1, -0.05) is 59.1 Å². The molecule has 0 aliphatic carbocycles. The largest absolute Gasteiger partial charge is 0.311 e. The van der Waals surface area contributed by atoms with Gasteiger partial charge in [-0.25, -0.2) is 13.1 Å². The van der Waals surface area contributed by atoms with Crippen LogP contribution in [0.1, 0.15) is 16.8 Å². The van der Waals surface area contributed by atoms with E-state index in [2.05, 4.69) is 10.4 Å². The van der Waals surface area contributed by atoms with Crippen LogP contribution in [-0.4, -0.2) is 30.5 Å². The van der Waals surface area contributed by atoms with Crippen LogP contribution in [0, 0.1) is 6.92 Å². The lowest BCUT2D eigenvalue weighted by Gasteiger charge is -2.08. The molecule has 0 amide bonds. The van der Waals surface area contributed by atoms with Gasteiger partial charge in [0.05, 0.1) is 22.9 Å². The summed E-state index contributed by atoms with van der Waals surface area (Å²) in [5.41, 5.74) is 2.46. The molecule has 29 heavy (non-hydrogen) atoms. The van der Waals surface area contributed by atoms with Crippen molar-refractivity contribution < 1.29 is 8.42 Å². The molecule has 0 unspecified atom stereocenters. The zero-order valence-corrected chi connectivity index (χ0v) is 18.8. The summed E-state index contributed by atoms with van der Waals surface area (Å²) in [7, 11) is -3.32. The van der Waals surface area contributed by atoms with Crippen LogP contribution in [0.4, 0.5) is 0 Å². The molecule has 2 aromatic carbocycles. The minimum atomic E-state index is -3.32. The second-order valence-corrected chi connectivity index (χ2v) is 9.87. The molecule has 9 heteroatoms. The van der Waals surface area contributed by atoms with Crippen molar-refractivity contribution >= 4 is 44.6 Å². The monoisotopic (exact) mass is 471 g/mol. The molecule has 5 nitrogen and oxygen atoms in total. The summed E-state index contributed by atoms with van der Waals surface area (Å²) in [6.45, 7) is 3.01. The van der Waals surface area contributed by atoms with E-state index in [0.29, 0.717) is 39.7 Å². The summed E-state index contributed by atoms with van der Waals surface area (Å²) in [5, 5.41) is 9.23. The van der Waals surface area contributed by atoms with Gasteiger partial charge in [0.1, 0.15) is 5.15 Å². The van der Waals surface area contributed by atoms with Crippen molar-refractivity contribution in [3.63, 3.8) is 0 Å². The molecule has 0 aliphatic rings. The molecule has 3 rings (SSSR count). The molecular weight excluding hydrogens is 453 g/mol. The van der Waals surface area contributed by atoms with E-state index in [1.165, 1.54) is 0 Å². The Morgan fingerprint density at radius 1 is 1.07 bits per heavy atom. The summed E-state index contributed by atoms with van der Waals surface area (Å²) >= 11 is 18.7. The summed E-state index contributed by atoms with van der Waals surface area (Å²) < 4.78 is 26.3. The van der Waals surface area contributed by atoms with Gasteiger partial charge in [0.2, 0.25) is 0 Å². The van der Waals surface area contributed by atoms with Crippen molar-refractivity contribution in [2.75, 3.05) is 12.3 Å². The Morgan fingerprint density at radius 2 is 1.79 bits per heavy atom. The Labute approximate surface area is 185 Å². The van der Waals surface area contributed by atoms with Gasteiger partial charge in [-0.05, 0) is 36.8 Å². The number of benzene rings is 2. The normalized spacial score (nSPS) is 11.7. The lowest BCUT2D eigenvalue weighted by Crippen LogP contribution is -2.23. The molecule has 3 aromatic rings. The highest BCUT2D eigenvalue weighted by Gasteiger charge is 2.16. The third kappa shape index (κ3) is 5.53. The van der Waals surface area contributed by atoms with E-state index in [9.17, 15) is 8.42 Å². The number of hydrogen-bond acceptors (Lipinski definition) is 4. The van der Waals surface area contributed by atoms with Crippen LogP contribution < -0.4 is 5.32 Å². The highest BCUT2D eigenvalue weighted by atomic mass is 35.5.